The molecule has 1 radical (unpaired) electrons. The van der Waals surface area contributed by atoms with Crippen LogP contribution in [0.2, 0.25) is 0 Å². The number of carboxylic acids is 1. The zero-order chi connectivity index (χ0) is 12.4. The van der Waals surface area contributed by atoms with Crippen molar-refractivity contribution in [3.63, 3.8) is 0 Å². The van der Waals surface area contributed by atoms with Crippen LogP contribution in [-0.2, 0) is 21.6 Å². The van der Waals surface area contributed by atoms with Gasteiger partial charge in [0.05, 0.1) is 11.0 Å². The molecule has 1 atom stereocenters. The van der Waals surface area contributed by atoms with Gasteiger partial charge in [0, 0.05) is 18.3 Å². The fourth-order valence-electron chi connectivity index (χ4n) is 1.60. The average molecular weight is 307 g/mol. The van der Waals surface area contributed by atoms with E-state index in [0.717, 1.165) is 5.52 Å². The molecule has 0 amide bonds. The molecule has 1 heterocycles. The Bertz CT molecular complexity index is 551. The summed E-state index contributed by atoms with van der Waals surface area (Å²) in [6.07, 6.45) is -0.456. The molecule has 5 nitrogen and oxygen atoms in total. The van der Waals surface area contributed by atoms with E-state index in [1.807, 2.05) is 6.07 Å². The first-order valence-corrected chi connectivity index (χ1v) is 5.34. The van der Waals surface area contributed by atoms with E-state index in [2.05, 4.69) is 22.2 Å². The SMILES string of the molecule is O=C([O-])CC(C([O-])=S)c1nc2ccccc2[nH]1.[Co+2]. The Hall–Kier alpha value is -1.44. The second-order valence-electron chi connectivity index (χ2n) is 3.59. The van der Waals surface area contributed by atoms with Gasteiger partial charge < -0.3 is 20.0 Å². The zero-order valence-corrected chi connectivity index (χ0v) is 10.9. The van der Waals surface area contributed by atoms with Crippen LogP contribution in [0.4, 0.5) is 0 Å². The molecule has 0 fully saturated rings. The number of hydrogen-bond acceptors (Lipinski definition) is 5. The van der Waals surface area contributed by atoms with E-state index >= 15 is 0 Å². The maximum absolute atomic E-state index is 11.2. The van der Waals surface area contributed by atoms with Gasteiger partial charge in [0.15, 0.2) is 0 Å². The third kappa shape index (κ3) is 3.06. The molecular formula is C11H8CoN2O3S. The Morgan fingerprint density at radius 3 is 2.61 bits per heavy atom. The summed E-state index contributed by atoms with van der Waals surface area (Å²) in [6, 6.07) is 7.17. The maximum Gasteiger partial charge on any atom is 2.00 e. The smallest absolute Gasteiger partial charge is 0.867 e. The second kappa shape index (κ2) is 5.94. The topological polar surface area (TPSA) is 91.9 Å². The minimum Gasteiger partial charge on any atom is -0.867 e. The van der Waals surface area contributed by atoms with Gasteiger partial charge in [-0.15, -0.1) is 12.2 Å². The van der Waals surface area contributed by atoms with Crippen molar-refractivity contribution in [1.82, 2.24) is 9.97 Å². The van der Waals surface area contributed by atoms with Crippen molar-refractivity contribution < 1.29 is 31.8 Å². The first-order chi connectivity index (χ1) is 8.08. The van der Waals surface area contributed by atoms with Crippen molar-refractivity contribution in [3.8, 4) is 0 Å². The summed E-state index contributed by atoms with van der Waals surface area (Å²) in [6.45, 7) is 0. The summed E-state index contributed by atoms with van der Waals surface area (Å²) in [5, 5.41) is 21.1. The molecule has 1 unspecified atom stereocenters. The number of aliphatic carboxylic acids is 1. The van der Waals surface area contributed by atoms with Gasteiger partial charge in [-0.2, -0.15) is 0 Å². The van der Waals surface area contributed by atoms with Gasteiger partial charge in [-0.05, 0) is 12.1 Å². The van der Waals surface area contributed by atoms with Gasteiger partial charge >= 0.3 is 16.8 Å². The number of para-hydroxylation sites is 2. The Balaban J connectivity index is 0.00000162. The number of hydrogen-bond donors (Lipinski definition) is 1. The monoisotopic (exact) mass is 307 g/mol. The molecule has 2 rings (SSSR count). The minimum absolute atomic E-state index is 0. The third-order valence-electron chi connectivity index (χ3n) is 2.39. The van der Waals surface area contributed by atoms with Crippen molar-refractivity contribution in [2.24, 2.45) is 0 Å². The molecule has 7 heteroatoms. The molecule has 0 spiro atoms. The summed E-state index contributed by atoms with van der Waals surface area (Å²) in [7, 11) is 0. The number of fused-ring (bicyclic) bond motifs is 1. The fraction of sp³-hybridized carbons (Fsp3) is 0.182. The molecule has 0 saturated carbocycles. The third-order valence-corrected chi connectivity index (χ3v) is 2.68. The maximum atomic E-state index is 11.2. The number of imidazole rings is 1. The first kappa shape index (κ1) is 14.6. The number of nitrogens with zero attached hydrogens (tertiary/aromatic N) is 1. The van der Waals surface area contributed by atoms with Crippen LogP contribution in [0, 0.1) is 0 Å². The Morgan fingerprint density at radius 1 is 1.39 bits per heavy atom. The van der Waals surface area contributed by atoms with Gasteiger partial charge in [0.2, 0.25) is 0 Å². The number of aromatic nitrogens is 2. The van der Waals surface area contributed by atoms with Crippen LogP contribution < -0.4 is 10.2 Å². The number of aromatic amines is 1. The molecule has 0 saturated heterocycles. The predicted molar refractivity (Wildman–Crippen MR) is 61.1 cm³/mol. The Labute approximate surface area is 118 Å². The van der Waals surface area contributed by atoms with E-state index in [4.69, 9.17) is 0 Å². The number of benzene rings is 1. The van der Waals surface area contributed by atoms with Gasteiger partial charge in [-0.1, -0.05) is 17.2 Å². The normalized spacial score (nSPS) is 11.8. The van der Waals surface area contributed by atoms with E-state index in [0.29, 0.717) is 5.52 Å². The molecule has 0 aliphatic heterocycles. The van der Waals surface area contributed by atoms with Crippen molar-refractivity contribution in [2.75, 3.05) is 0 Å². The molecule has 0 aliphatic rings. The molecule has 1 N–H and O–H groups in total. The molecular weight excluding hydrogens is 299 g/mol. The summed E-state index contributed by atoms with van der Waals surface area (Å²) in [4.78, 5) is 17.6. The second-order valence-corrected chi connectivity index (χ2v) is 3.99. The molecule has 2 aromatic rings. The number of thiocarbonyl (C=S) groups is 1. The van der Waals surface area contributed by atoms with E-state index in [-0.39, 0.29) is 22.6 Å². The van der Waals surface area contributed by atoms with Gasteiger partial charge in [0.1, 0.15) is 5.82 Å². The molecule has 0 aliphatic carbocycles. The first-order valence-electron chi connectivity index (χ1n) is 4.93. The summed E-state index contributed by atoms with van der Waals surface area (Å²) >= 11 is 4.52. The molecule has 1 aromatic carbocycles. The number of carboxylic acid groups (broad SMARTS) is 1. The van der Waals surface area contributed by atoms with Gasteiger partial charge in [-0.3, -0.25) is 0 Å². The summed E-state index contributed by atoms with van der Waals surface area (Å²) in [5.74, 6) is -2.01. The summed E-state index contributed by atoms with van der Waals surface area (Å²) < 4.78 is 0. The van der Waals surface area contributed by atoms with Gasteiger partial charge in [-0.25, -0.2) is 4.98 Å². The van der Waals surface area contributed by atoms with Gasteiger partial charge in [0.25, 0.3) is 0 Å². The fourth-order valence-corrected chi connectivity index (χ4v) is 1.79. The van der Waals surface area contributed by atoms with Crippen LogP contribution >= 0.6 is 12.2 Å². The van der Waals surface area contributed by atoms with Crippen LogP contribution in [0.25, 0.3) is 11.0 Å². The predicted octanol–water partition coefficient (Wildman–Crippen LogP) is -0.528. The largest absolute Gasteiger partial charge is 2.00 e. The number of carbonyl (C=O) groups excluding carboxylic acids is 1. The van der Waals surface area contributed by atoms with Crippen LogP contribution in [0.3, 0.4) is 0 Å². The van der Waals surface area contributed by atoms with E-state index in [1.165, 1.54) is 0 Å². The molecule has 0 bridgehead atoms. The zero-order valence-electron chi connectivity index (χ0n) is 9.01. The van der Waals surface area contributed by atoms with E-state index in [9.17, 15) is 15.0 Å². The van der Waals surface area contributed by atoms with Crippen LogP contribution in [-0.4, -0.2) is 21.0 Å². The Kier molecular flexibility index (Phi) is 4.82. The number of nitrogens with one attached hydrogen (secondary N) is 1. The number of carbonyl (C=O) groups is 1. The Morgan fingerprint density at radius 2 is 2.06 bits per heavy atom. The quantitative estimate of drug-likeness (QED) is 0.767. The molecule has 95 valence electrons. The van der Waals surface area contributed by atoms with Crippen molar-refractivity contribution in [1.29, 1.82) is 0 Å². The summed E-state index contributed by atoms with van der Waals surface area (Å²) in [5.41, 5.74) is 1.41. The van der Waals surface area contributed by atoms with E-state index < -0.39 is 23.4 Å². The number of rotatable bonds is 4. The van der Waals surface area contributed by atoms with Crippen molar-refractivity contribution >= 4 is 34.3 Å². The van der Waals surface area contributed by atoms with E-state index in [1.54, 1.807) is 18.2 Å². The van der Waals surface area contributed by atoms with Crippen molar-refractivity contribution in [3.05, 3.63) is 30.1 Å². The van der Waals surface area contributed by atoms with Crippen molar-refractivity contribution in [2.45, 2.75) is 12.3 Å². The molecule has 18 heavy (non-hydrogen) atoms. The van der Waals surface area contributed by atoms with Crippen LogP contribution in [0.1, 0.15) is 18.2 Å². The average Bonchev–Trinajstić information content (AvgIpc) is 2.68. The van der Waals surface area contributed by atoms with Crippen LogP contribution in [0.15, 0.2) is 24.3 Å². The van der Waals surface area contributed by atoms with Crippen LogP contribution in [0.5, 0.6) is 0 Å². The molecule has 1 aromatic heterocycles. The minimum atomic E-state index is -1.33. The standard InChI is InChI=1S/C11H10N2O3S.Co/c14-9(15)5-6(11(16)17)10-12-7-3-1-2-4-8(7)13-10;/h1-4,6H,5H2,(H,12,13)(H,14,15)(H,16,17);/q;+2/p-2. The number of H-pyrrole nitrogens is 1.